The zero-order valence-corrected chi connectivity index (χ0v) is 22.9. The van der Waals surface area contributed by atoms with Crippen LogP contribution in [0.15, 0.2) is 65.4 Å². The Morgan fingerprint density at radius 2 is 1.79 bits per heavy atom. The Morgan fingerprint density at radius 3 is 2.39 bits per heavy atom. The molecular weight excluding hydrogens is 480 g/mol. The molecule has 0 bridgehead atoms. The maximum Gasteiger partial charge on any atom is 0.277 e. The summed E-state index contributed by atoms with van der Waals surface area (Å²) in [6.45, 7) is 10.5. The number of hydrogen-bond donors (Lipinski definition) is 1. The van der Waals surface area contributed by atoms with Crippen molar-refractivity contribution in [2.24, 2.45) is 0 Å². The van der Waals surface area contributed by atoms with Crippen LogP contribution < -0.4 is 9.64 Å². The van der Waals surface area contributed by atoms with E-state index in [1.807, 2.05) is 62.4 Å². The van der Waals surface area contributed by atoms with E-state index in [-0.39, 0.29) is 24.5 Å². The number of methoxy groups -OCH3 is 1. The van der Waals surface area contributed by atoms with E-state index in [1.165, 1.54) is 6.26 Å². The smallest absolute Gasteiger partial charge is 0.277 e. The maximum absolute atomic E-state index is 14.1. The molecule has 0 spiro atoms. The van der Waals surface area contributed by atoms with E-state index in [9.17, 15) is 9.90 Å². The molecule has 0 radical (unpaired) electrons. The molecule has 1 aliphatic heterocycles. The van der Waals surface area contributed by atoms with Crippen LogP contribution in [0.5, 0.6) is 5.75 Å². The van der Waals surface area contributed by atoms with Crippen LogP contribution in [0.3, 0.4) is 0 Å². The van der Waals surface area contributed by atoms with E-state index in [0.717, 1.165) is 40.2 Å². The van der Waals surface area contributed by atoms with Crippen LogP contribution in [0.2, 0.25) is 0 Å². The van der Waals surface area contributed by atoms with Crippen LogP contribution in [0.1, 0.15) is 74.4 Å². The molecule has 2 aromatic heterocycles. The minimum Gasteiger partial charge on any atom is -0.496 e. The first-order chi connectivity index (χ1) is 18.4. The molecule has 5 rings (SSSR count). The number of amides is 1. The van der Waals surface area contributed by atoms with Gasteiger partial charge in [0.15, 0.2) is 0 Å². The minimum atomic E-state index is -0.435. The predicted molar refractivity (Wildman–Crippen MR) is 148 cm³/mol. The Morgan fingerprint density at radius 1 is 1.08 bits per heavy atom. The quantitative estimate of drug-likeness (QED) is 0.309. The molecule has 0 saturated heterocycles. The summed E-state index contributed by atoms with van der Waals surface area (Å²) in [5.74, 6) is 0.539. The van der Waals surface area contributed by atoms with E-state index in [4.69, 9.17) is 14.4 Å². The molecule has 0 aliphatic carbocycles. The number of carbonyl (C=O) groups excluding carboxylic acids is 1. The topological polar surface area (TPSA) is 93.6 Å². The number of hydrogen-bond acceptors (Lipinski definition) is 6. The largest absolute Gasteiger partial charge is 0.496 e. The monoisotopic (exact) mass is 516 g/mol. The van der Waals surface area contributed by atoms with E-state index in [1.54, 1.807) is 22.8 Å². The summed E-state index contributed by atoms with van der Waals surface area (Å²) < 4.78 is 12.4. The minimum absolute atomic E-state index is 0.112. The zero-order chi connectivity index (χ0) is 27.4. The number of aliphatic hydroxyl groups is 1. The van der Waals surface area contributed by atoms with Crippen LogP contribution in [0, 0.1) is 0 Å². The Bertz CT molecular complexity index is 1370. The molecule has 2 aromatic carbocycles. The molecule has 38 heavy (non-hydrogen) atoms. The number of nitrogens with zero attached hydrogens (tertiary/aromatic N) is 4. The van der Waals surface area contributed by atoms with Crippen LogP contribution >= 0.6 is 0 Å². The summed E-state index contributed by atoms with van der Waals surface area (Å²) in [5, 5.41) is 18.6. The van der Waals surface area contributed by atoms with Gasteiger partial charge in [-0.3, -0.25) is 14.4 Å². The molecule has 0 saturated carbocycles. The lowest BCUT2D eigenvalue weighted by Gasteiger charge is -2.30. The number of fused-ring (bicyclic) bond motifs is 1. The van der Waals surface area contributed by atoms with E-state index < -0.39 is 6.04 Å². The van der Waals surface area contributed by atoms with Crippen molar-refractivity contribution in [2.75, 3.05) is 18.6 Å². The van der Waals surface area contributed by atoms with Crippen molar-refractivity contribution in [3.63, 3.8) is 0 Å². The maximum atomic E-state index is 14.1. The van der Waals surface area contributed by atoms with Gasteiger partial charge in [0.05, 0.1) is 32.0 Å². The number of carbonyl (C=O) groups is 1. The summed E-state index contributed by atoms with van der Waals surface area (Å²) in [4.78, 5) is 15.9. The number of anilines is 1. The van der Waals surface area contributed by atoms with Crippen molar-refractivity contribution in [3.8, 4) is 17.0 Å². The van der Waals surface area contributed by atoms with Crippen LogP contribution in [-0.4, -0.2) is 39.7 Å². The Labute approximate surface area is 223 Å². The standard InChI is InChI=1S/C28H30N4O4.C2H6/c1-5-28(2,3)26-23-24(20-8-6-7-9-22(20)35-4)32(27(34)25(23)31(29-26)15-16-33)19-12-10-18(11-13-19)21-14-17-36-30-21;1-2/h6-14,17,24,33H,5,15-16H2,1-4H3;1-2H3. The van der Waals surface area contributed by atoms with Crippen molar-refractivity contribution in [1.82, 2.24) is 14.9 Å². The van der Waals surface area contributed by atoms with Crippen molar-refractivity contribution in [1.29, 1.82) is 0 Å². The Hall–Kier alpha value is -3.91. The highest BCUT2D eigenvalue weighted by atomic mass is 16.5. The third-order valence-corrected chi connectivity index (χ3v) is 7.09. The number of ether oxygens (including phenoxy) is 1. The molecule has 1 aliphatic rings. The molecule has 200 valence electrons. The first kappa shape index (κ1) is 27.1. The average molecular weight is 517 g/mol. The van der Waals surface area contributed by atoms with Gasteiger partial charge in [0.1, 0.15) is 23.4 Å². The van der Waals surface area contributed by atoms with Gasteiger partial charge >= 0.3 is 0 Å². The number of rotatable bonds is 8. The number of para-hydroxylation sites is 1. The van der Waals surface area contributed by atoms with Crippen molar-refractivity contribution >= 4 is 11.6 Å². The SMILES string of the molecule is CC.CCC(C)(C)c1nn(CCO)c2c1C(c1ccccc1OC)N(c1ccc(-c3ccon3)cc1)C2=O. The highest BCUT2D eigenvalue weighted by Gasteiger charge is 2.47. The fraction of sp³-hybridized carbons (Fsp3) is 0.367. The number of benzene rings is 2. The normalized spacial score (nSPS) is 14.8. The predicted octanol–water partition coefficient (Wildman–Crippen LogP) is 6.00. The summed E-state index contributed by atoms with van der Waals surface area (Å²) >= 11 is 0. The molecular formula is C30H36N4O4. The Kier molecular flexibility index (Phi) is 8.02. The fourth-order valence-electron chi connectivity index (χ4n) is 4.85. The fourth-order valence-corrected chi connectivity index (χ4v) is 4.85. The van der Waals surface area contributed by atoms with Gasteiger partial charge in [0.25, 0.3) is 5.91 Å². The molecule has 8 heteroatoms. The third-order valence-electron chi connectivity index (χ3n) is 7.09. The van der Waals surface area contributed by atoms with Gasteiger partial charge < -0.3 is 14.4 Å². The lowest BCUT2D eigenvalue weighted by Crippen LogP contribution is -2.32. The summed E-state index contributed by atoms with van der Waals surface area (Å²) in [6, 6.07) is 16.8. The first-order valence-corrected chi connectivity index (χ1v) is 13.1. The van der Waals surface area contributed by atoms with Crippen LogP contribution in [-0.2, 0) is 12.0 Å². The summed E-state index contributed by atoms with van der Waals surface area (Å²) in [5.41, 5.74) is 5.20. The zero-order valence-electron chi connectivity index (χ0n) is 22.9. The van der Waals surface area contributed by atoms with Crippen LogP contribution in [0.4, 0.5) is 5.69 Å². The molecule has 8 nitrogen and oxygen atoms in total. The first-order valence-electron chi connectivity index (χ1n) is 13.1. The third kappa shape index (κ3) is 4.60. The molecule has 3 heterocycles. The van der Waals surface area contributed by atoms with E-state index in [0.29, 0.717) is 11.4 Å². The lowest BCUT2D eigenvalue weighted by atomic mass is 9.81. The van der Waals surface area contributed by atoms with Crippen molar-refractivity contribution < 1.29 is 19.2 Å². The van der Waals surface area contributed by atoms with Gasteiger partial charge in [-0.15, -0.1) is 0 Å². The molecule has 1 amide bonds. The second-order valence-corrected chi connectivity index (χ2v) is 9.55. The second kappa shape index (κ2) is 11.2. The average Bonchev–Trinajstić information content (AvgIpc) is 3.68. The highest BCUT2D eigenvalue weighted by molar-refractivity contribution is 6.11. The van der Waals surface area contributed by atoms with Gasteiger partial charge in [0.2, 0.25) is 0 Å². The molecule has 4 aromatic rings. The van der Waals surface area contributed by atoms with Gasteiger partial charge in [-0.25, -0.2) is 0 Å². The molecule has 1 atom stereocenters. The number of aromatic nitrogens is 3. The van der Waals surface area contributed by atoms with Gasteiger partial charge in [-0.2, -0.15) is 5.10 Å². The van der Waals surface area contributed by atoms with Crippen molar-refractivity contribution in [2.45, 2.75) is 59.0 Å². The van der Waals surface area contributed by atoms with Gasteiger partial charge in [-0.05, 0) is 24.6 Å². The lowest BCUT2D eigenvalue weighted by molar-refractivity contribution is 0.0982. The molecule has 1 N–H and O–H groups in total. The number of aliphatic hydroxyl groups excluding tert-OH is 1. The molecule has 0 fully saturated rings. The van der Waals surface area contributed by atoms with Crippen molar-refractivity contribution in [3.05, 3.63) is 83.4 Å². The van der Waals surface area contributed by atoms with E-state index in [2.05, 4.69) is 25.9 Å². The summed E-state index contributed by atoms with van der Waals surface area (Å²) in [6.07, 6.45) is 2.38. The second-order valence-electron chi connectivity index (χ2n) is 9.55. The Balaban J connectivity index is 0.00000164. The van der Waals surface area contributed by atoms with E-state index >= 15 is 0 Å². The molecule has 1 unspecified atom stereocenters. The summed E-state index contributed by atoms with van der Waals surface area (Å²) in [7, 11) is 1.64. The van der Waals surface area contributed by atoms with Gasteiger partial charge in [0, 0.05) is 33.9 Å². The van der Waals surface area contributed by atoms with Gasteiger partial charge in [-0.1, -0.05) is 70.1 Å². The highest BCUT2D eigenvalue weighted by Crippen LogP contribution is 2.48. The van der Waals surface area contributed by atoms with Crippen LogP contribution in [0.25, 0.3) is 11.3 Å².